The zero-order valence-electron chi connectivity index (χ0n) is 6.05. The van der Waals surface area contributed by atoms with Gasteiger partial charge < -0.3 is 0 Å². The van der Waals surface area contributed by atoms with Crippen molar-refractivity contribution in [3.05, 3.63) is 0 Å². The van der Waals surface area contributed by atoms with Crippen molar-refractivity contribution in [1.29, 1.82) is 0 Å². The lowest BCUT2D eigenvalue weighted by Gasteiger charge is -2.26. The number of rotatable bonds is 0. The monoisotopic (exact) mass is 142 g/mol. The molecular weight excluding hydrogens is 132 g/mol. The highest BCUT2D eigenvalue weighted by Crippen LogP contribution is 2.09. The molecule has 1 unspecified atom stereocenters. The van der Waals surface area contributed by atoms with Crippen LogP contribution in [0.15, 0.2) is 0 Å². The third-order valence-corrected chi connectivity index (χ3v) is 1.54. The van der Waals surface area contributed by atoms with Crippen LogP contribution in [0.5, 0.6) is 0 Å². The normalized spacial score (nSPS) is 26.6. The van der Waals surface area contributed by atoms with E-state index in [0.717, 1.165) is 0 Å². The molecule has 1 saturated heterocycles. The summed E-state index contributed by atoms with van der Waals surface area (Å²) in [6.07, 6.45) is 0.309. The van der Waals surface area contributed by atoms with Crippen LogP contribution in [-0.2, 0) is 9.59 Å². The van der Waals surface area contributed by atoms with Crippen LogP contribution in [0, 0.1) is 5.92 Å². The second-order valence-electron chi connectivity index (χ2n) is 2.54. The quantitative estimate of drug-likeness (QED) is 0.496. The largest absolute Gasteiger partial charge is 0.273 e. The molecule has 1 N–H and O–H groups in total. The molecule has 0 aromatic rings. The Morgan fingerprint density at radius 2 is 2.20 bits per heavy atom. The van der Waals surface area contributed by atoms with Crippen LogP contribution >= 0.6 is 0 Å². The first-order valence-electron chi connectivity index (χ1n) is 3.18. The lowest BCUT2D eigenvalue weighted by molar-refractivity contribution is -0.149. The van der Waals surface area contributed by atoms with Crippen molar-refractivity contribution >= 4 is 11.8 Å². The van der Waals surface area contributed by atoms with Gasteiger partial charge in [-0.05, 0) is 0 Å². The van der Waals surface area contributed by atoms with E-state index in [1.165, 1.54) is 5.01 Å². The van der Waals surface area contributed by atoms with Crippen molar-refractivity contribution in [3.63, 3.8) is 0 Å². The maximum absolute atomic E-state index is 11.0. The maximum atomic E-state index is 11.0. The smallest absolute Gasteiger partial charge is 0.244 e. The fourth-order valence-corrected chi connectivity index (χ4v) is 0.984. The van der Waals surface area contributed by atoms with E-state index >= 15 is 0 Å². The van der Waals surface area contributed by atoms with E-state index in [1.807, 2.05) is 0 Å². The van der Waals surface area contributed by atoms with Crippen molar-refractivity contribution < 1.29 is 9.59 Å². The van der Waals surface area contributed by atoms with E-state index < -0.39 is 0 Å². The molecule has 0 aromatic carbocycles. The van der Waals surface area contributed by atoms with E-state index in [9.17, 15) is 9.59 Å². The fraction of sp³-hybridized carbons (Fsp3) is 0.667. The number of nitrogens with one attached hydrogen (secondary N) is 1. The maximum Gasteiger partial charge on any atom is 0.244 e. The third kappa shape index (κ3) is 1.10. The first-order valence-corrected chi connectivity index (χ1v) is 3.18. The summed E-state index contributed by atoms with van der Waals surface area (Å²) in [6.45, 7) is 1.75. The first-order chi connectivity index (χ1) is 4.61. The summed E-state index contributed by atoms with van der Waals surface area (Å²) >= 11 is 0. The molecule has 2 amide bonds. The van der Waals surface area contributed by atoms with Gasteiger partial charge in [0.1, 0.15) is 0 Å². The predicted molar refractivity (Wildman–Crippen MR) is 34.7 cm³/mol. The van der Waals surface area contributed by atoms with Gasteiger partial charge in [-0.2, -0.15) is 0 Å². The number of amides is 2. The third-order valence-electron chi connectivity index (χ3n) is 1.54. The summed E-state index contributed by atoms with van der Waals surface area (Å²) < 4.78 is 0. The Kier molecular flexibility index (Phi) is 1.61. The SMILES string of the molecule is CC1CC(=O)NN(C)C1=O. The molecule has 1 heterocycles. The van der Waals surface area contributed by atoms with Crippen molar-refractivity contribution in [2.24, 2.45) is 5.92 Å². The van der Waals surface area contributed by atoms with Crippen molar-refractivity contribution in [3.8, 4) is 0 Å². The highest BCUT2D eigenvalue weighted by Gasteiger charge is 2.26. The van der Waals surface area contributed by atoms with Crippen molar-refractivity contribution in [2.75, 3.05) is 7.05 Å². The summed E-state index contributed by atoms with van der Waals surface area (Å²) in [5, 5.41) is 1.23. The second kappa shape index (κ2) is 2.28. The van der Waals surface area contributed by atoms with Gasteiger partial charge in [0.25, 0.3) is 0 Å². The van der Waals surface area contributed by atoms with Crippen molar-refractivity contribution in [2.45, 2.75) is 13.3 Å². The van der Waals surface area contributed by atoms with Crippen molar-refractivity contribution in [1.82, 2.24) is 10.4 Å². The van der Waals surface area contributed by atoms with E-state index in [4.69, 9.17) is 0 Å². The molecule has 56 valence electrons. The summed E-state index contributed by atoms with van der Waals surface area (Å²) in [6, 6.07) is 0. The van der Waals surface area contributed by atoms with E-state index in [-0.39, 0.29) is 17.7 Å². The van der Waals surface area contributed by atoms with Gasteiger partial charge in [-0.3, -0.25) is 20.0 Å². The summed E-state index contributed by atoms with van der Waals surface area (Å²) in [4.78, 5) is 21.7. The molecule has 0 bridgehead atoms. The Balaban J connectivity index is 2.66. The Hall–Kier alpha value is -1.06. The highest BCUT2D eigenvalue weighted by atomic mass is 16.2. The van der Waals surface area contributed by atoms with Gasteiger partial charge in [-0.25, -0.2) is 0 Å². The molecule has 0 spiro atoms. The average molecular weight is 142 g/mol. The van der Waals surface area contributed by atoms with Gasteiger partial charge in [0.2, 0.25) is 11.8 Å². The van der Waals surface area contributed by atoms with Crippen LogP contribution in [0.2, 0.25) is 0 Å². The number of hydrogen-bond acceptors (Lipinski definition) is 2. The summed E-state index contributed by atoms with van der Waals surface area (Å²) in [7, 11) is 1.55. The first kappa shape index (κ1) is 7.05. The molecule has 0 aliphatic carbocycles. The van der Waals surface area contributed by atoms with Crippen LogP contribution < -0.4 is 5.43 Å². The zero-order chi connectivity index (χ0) is 7.72. The molecular formula is C6H10N2O2. The lowest BCUT2D eigenvalue weighted by Crippen LogP contribution is -2.51. The standard InChI is InChI=1S/C6H10N2O2/c1-4-3-5(9)7-8(2)6(4)10/h4H,3H2,1-2H3,(H,7,9). The minimum Gasteiger partial charge on any atom is -0.273 e. The van der Waals surface area contributed by atoms with Crippen LogP contribution in [-0.4, -0.2) is 23.9 Å². The van der Waals surface area contributed by atoms with Crippen LogP contribution in [0.1, 0.15) is 13.3 Å². The number of nitrogens with zero attached hydrogens (tertiary/aromatic N) is 1. The zero-order valence-corrected chi connectivity index (χ0v) is 6.05. The van der Waals surface area contributed by atoms with Gasteiger partial charge in [-0.15, -0.1) is 0 Å². The fourth-order valence-electron chi connectivity index (χ4n) is 0.984. The molecule has 0 radical (unpaired) electrons. The minimum atomic E-state index is -0.168. The van der Waals surface area contributed by atoms with Gasteiger partial charge >= 0.3 is 0 Å². The molecule has 10 heavy (non-hydrogen) atoms. The Morgan fingerprint density at radius 3 is 2.70 bits per heavy atom. The summed E-state index contributed by atoms with van der Waals surface area (Å²) in [5.74, 6) is -0.284. The van der Waals surface area contributed by atoms with E-state index in [0.29, 0.717) is 6.42 Å². The van der Waals surface area contributed by atoms with Gasteiger partial charge in [0, 0.05) is 19.4 Å². The molecule has 1 rings (SSSR count). The molecule has 4 heteroatoms. The highest BCUT2D eigenvalue weighted by molar-refractivity contribution is 5.90. The topological polar surface area (TPSA) is 49.4 Å². The summed E-state index contributed by atoms with van der Waals surface area (Å²) in [5.41, 5.74) is 2.40. The van der Waals surface area contributed by atoms with Crippen LogP contribution in [0.4, 0.5) is 0 Å². The number of carbonyl (C=O) groups is 2. The Morgan fingerprint density at radius 1 is 1.60 bits per heavy atom. The minimum absolute atomic E-state index is 0.0281. The predicted octanol–water partition coefficient (Wildman–Crippen LogP) is -0.484. The molecule has 1 aliphatic heterocycles. The average Bonchev–Trinajstić information content (AvgIpc) is 1.82. The van der Waals surface area contributed by atoms with Crippen LogP contribution in [0.3, 0.4) is 0 Å². The number of hydrazine groups is 1. The van der Waals surface area contributed by atoms with Gasteiger partial charge in [0.15, 0.2) is 0 Å². The second-order valence-corrected chi connectivity index (χ2v) is 2.54. The molecule has 1 aliphatic rings. The van der Waals surface area contributed by atoms with Crippen LogP contribution in [0.25, 0.3) is 0 Å². The van der Waals surface area contributed by atoms with Gasteiger partial charge in [-0.1, -0.05) is 6.92 Å². The molecule has 1 fully saturated rings. The molecule has 0 saturated carbocycles. The number of hydrogen-bond donors (Lipinski definition) is 1. The van der Waals surface area contributed by atoms with Gasteiger partial charge in [0.05, 0.1) is 0 Å². The molecule has 1 atom stereocenters. The van der Waals surface area contributed by atoms with E-state index in [1.54, 1.807) is 14.0 Å². The van der Waals surface area contributed by atoms with E-state index in [2.05, 4.69) is 5.43 Å². The Labute approximate surface area is 59.2 Å². The Bertz CT molecular complexity index is 163. The lowest BCUT2D eigenvalue weighted by atomic mass is 10.1. The molecule has 0 aromatic heterocycles. The molecule has 4 nitrogen and oxygen atoms in total. The number of carbonyl (C=O) groups excluding carboxylic acids is 2.